The Hall–Kier alpha value is -1.51. The quantitative estimate of drug-likeness (QED) is 0.903. The molecule has 3 heteroatoms. The second-order valence-electron chi connectivity index (χ2n) is 5.86. The SMILES string of the molecule is C[C@@H](Oc1ccccc1)C(=O)N[C@@H]1C[C@H]2CC[C@H]1C2. The van der Waals surface area contributed by atoms with E-state index in [2.05, 4.69) is 5.32 Å². The van der Waals surface area contributed by atoms with Gasteiger partial charge >= 0.3 is 0 Å². The number of amides is 1. The maximum absolute atomic E-state index is 12.1. The lowest BCUT2D eigenvalue weighted by molar-refractivity contribution is -0.128. The van der Waals surface area contributed by atoms with Gasteiger partial charge in [0, 0.05) is 6.04 Å². The number of nitrogens with one attached hydrogen (secondary N) is 1. The molecule has 0 aliphatic heterocycles. The third kappa shape index (κ3) is 2.75. The van der Waals surface area contributed by atoms with E-state index in [1.165, 1.54) is 19.3 Å². The van der Waals surface area contributed by atoms with Crippen LogP contribution in [0.2, 0.25) is 0 Å². The van der Waals surface area contributed by atoms with Crippen molar-refractivity contribution in [1.29, 1.82) is 0 Å². The molecule has 1 amide bonds. The smallest absolute Gasteiger partial charge is 0.261 e. The summed E-state index contributed by atoms with van der Waals surface area (Å²) < 4.78 is 5.65. The van der Waals surface area contributed by atoms with Gasteiger partial charge in [-0.05, 0) is 50.2 Å². The molecule has 2 bridgehead atoms. The maximum Gasteiger partial charge on any atom is 0.261 e. The van der Waals surface area contributed by atoms with Crippen molar-refractivity contribution in [2.24, 2.45) is 11.8 Å². The minimum atomic E-state index is -0.429. The van der Waals surface area contributed by atoms with Crippen molar-refractivity contribution in [1.82, 2.24) is 5.32 Å². The molecule has 2 aliphatic rings. The summed E-state index contributed by atoms with van der Waals surface area (Å²) in [6.45, 7) is 1.82. The number of hydrogen-bond donors (Lipinski definition) is 1. The van der Waals surface area contributed by atoms with Gasteiger partial charge < -0.3 is 10.1 Å². The van der Waals surface area contributed by atoms with E-state index in [9.17, 15) is 4.79 Å². The van der Waals surface area contributed by atoms with Crippen molar-refractivity contribution in [3.8, 4) is 5.75 Å². The summed E-state index contributed by atoms with van der Waals surface area (Å²) in [5.74, 6) is 2.32. The molecular formula is C16H21NO2. The van der Waals surface area contributed by atoms with Gasteiger partial charge in [-0.3, -0.25) is 4.79 Å². The number of carbonyl (C=O) groups is 1. The minimum Gasteiger partial charge on any atom is -0.481 e. The summed E-state index contributed by atoms with van der Waals surface area (Å²) in [7, 11) is 0. The van der Waals surface area contributed by atoms with Crippen LogP contribution >= 0.6 is 0 Å². The molecule has 2 fully saturated rings. The van der Waals surface area contributed by atoms with Crippen molar-refractivity contribution in [2.75, 3.05) is 0 Å². The summed E-state index contributed by atoms with van der Waals surface area (Å²) in [6, 6.07) is 9.90. The van der Waals surface area contributed by atoms with Crippen molar-refractivity contribution in [3.63, 3.8) is 0 Å². The maximum atomic E-state index is 12.1. The molecule has 2 saturated carbocycles. The van der Waals surface area contributed by atoms with Gasteiger partial charge in [0.25, 0.3) is 5.91 Å². The first kappa shape index (κ1) is 12.5. The first-order valence-corrected chi connectivity index (χ1v) is 7.24. The molecule has 19 heavy (non-hydrogen) atoms. The van der Waals surface area contributed by atoms with E-state index in [0.717, 1.165) is 18.1 Å². The van der Waals surface area contributed by atoms with Gasteiger partial charge in [-0.2, -0.15) is 0 Å². The van der Waals surface area contributed by atoms with Crippen LogP contribution in [0.5, 0.6) is 5.75 Å². The van der Waals surface area contributed by atoms with E-state index in [4.69, 9.17) is 4.74 Å². The first-order chi connectivity index (χ1) is 9.22. The molecule has 0 heterocycles. The number of ether oxygens (including phenoxy) is 1. The number of hydrogen-bond acceptors (Lipinski definition) is 2. The zero-order valence-corrected chi connectivity index (χ0v) is 11.3. The van der Waals surface area contributed by atoms with Gasteiger partial charge in [-0.1, -0.05) is 24.6 Å². The van der Waals surface area contributed by atoms with Gasteiger partial charge in [-0.25, -0.2) is 0 Å². The predicted molar refractivity (Wildman–Crippen MR) is 73.9 cm³/mol. The van der Waals surface area contributed by atoms with Crippen LogP contribution in [0, 0.1) is 11.8 Å². The summed E-state index contributed by atoms with van der Waals surface area (Å²) in [6.07, 6.45) is 4.67. The number of rotatable bonds is 4. The van der Waals surface area contributed by atoms with Crippen LogP contribution in [-0.4, -0.2) is 18.1 Å². The number of carbonyl (C=O) groups excluding carboxylic acids is 1. The minimum absolute atomic E-state index is 0.0152. The monoisotopic (exact) mass is 259 g/mol. The van der Waals surface area contributed by atoms with E-state index >= 15 is 0 Å². The molecular weight excluding hydrogens is 238 g/mol. The van der Waals surface area contributed by atoms with Crippen molar-refractivity contribution in [2.45, 2.75) is 44.8 Å². The summed E-state index contributed by atoms with van der Waals surface area (Å²) in [4.78, 5) is 12.1. The highest BCUT2D eigenvalue weighted by Crippen LogP contribution is 2.44. The van der Waals surface area contributed by atoms with Crippen LogP contribution in [-0.2, 0) is 4.79 Å². The Morgan fingerprint density at radius 3 is 2.68 bits per heavy atom. The molecule has 102 valence electrons. The molecule has 3 rings (SSSR count). The predicted octanol–water partition coefficient (Wildman–Crippen LogP) is 2.76. The Kier molecular flexibility index (Phi) is 3.45. The molecule has 0 radical (unpaired) electrons. The summed E-state index contributed by atoms with van der Waals surface area (Å²) in [5.41, 5.74) is 0. The third-order valence-corrected chi connectivity index (χ3v) is 4.49. The average molecular weight is 259 g/mol. The van der Waals surface area contributed by atoms with E-state index in [1.807, 2.05) is 37.3 Å². The number of benzene rings is 1. The molecule has 3 nitrogen and oxygen atoms in total. The fraction of sp³-hybridized carbons (Fsp3) is 0.562. The van der Waals surface area contributed by atoms with Gasteiger partial charge in [0.1, 0.15) is 5.75 Å². The number of fused-ring (bicyclic) bond motifs is 2. The molecule has 0 aromatic heterocycles. The van der Waals surface area contributed by atoms with E-state index < -0.39 is 6.10 Å². The van der Waals surface area contributed by atoms with Crippen LogP contribution in [0.1, 0.15) is 32.6 Å². The lowest BCUT2D eigenvalue weighted by Crippen LogP contribution is -2.44. The van der Waals surface area contributed by atoms with Crippen LogP contribution in [0.25, 0.3) is 0 Å². The molecule has 4 atom stereocenters. The normalized spacial score (nSPS) is 30.1. The molecule has 1 aromatic carbocycles. The zero-order chi connectivity index (χ0) is 13.2. The topological polar surface area (TPSA) is 38.3 Å². The van der Waals surface area contributed by atoms with Crippen LogP contribution in [0.15, 0.2) is 30.3 Å². The second kappa shape index (κ2) is 5.24. The van der Waals surface area contributed by atoms with Crippen molar-refractivity contribution < 1.29 is 9.53 Å². The lowest BCUT2D eigenvalue weighted by atomic mass is 9.95. The highest BCUT2D eigenvalue weighted by molar-refractivity contribution is 5.81. The molecule has 0 unspecified atom stereocenters. The van der Waals surface area contributed by atoms with E-state index in [-0.39, 0.29) is 5.91 Å². The first-order valence-electron chi connectivity index (χ1n) is 7.24. The Morgan fingerprint density at radius 2 is 2.05 bits per heavy atom. The fourth-order valence-electron chi connectivity index (χ4n) is 3.48. The molecule has 2 aliphatic carbocycles. The van der Waals surface area contributed by atoms with E-state index in [1.54, 1.807) is 0 Å². The third-order valence-electron chi connectivity index (χ3n) is 4.49. The van der Waals surface area contributed by atoms with Crippen molar-refractivity contribution >= 4 is 5.91 Å². The van der Waals surface area contributed by atoms with Gasteiger partial charge in [-0.15, -0.1) is 0 Å². The van der Waals surface area contributed by atoms with Gasteiger partial charge in [0.2, 0.25) is 0 Å². The van der Waals surface area contributed by atoms with Gasteiger partial charge in [0.15, 0.2) is 6.10 Å². The van der Waals surface area contributed by atoms with Crippen molar-refractivity contribution in [3.05, 3.63) is 30.3 Å². The summed E-state index contributed by atoms with van der Waals surface area (Å²) in [5, 5.41) is 3.17. The molecule has 1 N–H and O–H groups in total. The summed E-state index contributed by atoms with van der Waals surface area (Å²) >= 11 is 0. The average Bonchev–Trinajstić information content (AvgIpc) is 3.02. The highest BCUT2D eigenvalue weighted by Gasteiger charge is 2.40. The zero-order valence-electron chi connectivity index (χ0n) is 11.3. The Bertz CT molecular complexity index is 445. The Labute approximate surface area is 114 Å². The Balaban J connectivity index is 1.53. The lowest BCUT2D eigenvalue weighted by Gasteiger charge is -2.24. The van der Waals surface area contributed by atoms with Crippen LogP contribution in [0.3, 0.4) is 0 Å². The van der Waals surface area contributed by atoms with Crippen LogP contribution < -0.4 is 10.1 Å². The fourth-order valence-corrected chi connectivity index (χ4v) is 3.48. The molecule has 0 saturated heterocycles. The number of para-hydroxylation sites is 1. The molecule has 1 aromatic rings. The Morgan fingerprint density at radius 1 is 1.26 bits per heavy atom. The van der Waals surface area contributed by atoms with Gasteiger partial charge in [0.05, 0.1) is 0 Å². The molecule has 0 spiro atoms. The van der Waals surface area contributed by atoms with E-state index in [0.29, 0.717) is 12.0 Å². The largest absolute Gasteiger partial charge is 0.481 e. The van der Waals surface area contributed by atoms with Crippen LogP contribution in [0.4, 0.5) is 0 Å². The standard InChI is InChI=1S/C16H21NO2/c1-11(19-14-5-3-2-4-6-14)16(18)17-15-10-12-7-8-13(15)9-12/h2-6,11-13,15H,7-10H2,1H3,(H,17,18)/t11-,12+,13+,15-/m1/s1. The highest BCUT2D eigenvalue weighted by atomic mass is 16.5. The second-order valence-corrected chi connectivity index (χ2v) is 5.86.